The lowest BCUT2D eigenvalue weighted by atomic mass is 10.2. The lowest BCUT2D eigenvalue weighted by Gasteiger charge is -2.26. The first-order valence-corrected chi connectivity index (χ1v) is 14.2. The predicted molar refractivity (Wildman–Crippen MR) is 147 cm³/mol. The second-order valence-corrected chi connectivity index (χ2v) is 11.6. The van der Waals surface area contributed by atoms with Crippen LogP contribution in [0, 0.1) is 6.92 Å². The van der Waals surface area contributed by atoms with Crippen molar-refractivity contribution in [3.63, 3.8) is 0 Å². The molecule has 204 valence electrons. The predicted octanol–water partition coefficient (Wildman–Crippen LogP) is 3.51. The molecule has 4 rings (SSSR count). The summed E-state index contributed by atoms with van der Waals surface area (Å²) in [5, 5.41) is 5.46. The Morgan fingerprint density at radius 2 is 1.87 bits per heavy atom. The van der Waals surface area contributed by atoms with E-state index in [2.05, 4.69) is 10.3 Å². The van der Waals surface area contributed by atoms with Crippen molar-refractivity contribution in [3.8, 4) is 17.0 Å². The number of amides is 2. The monoisotopic (exact) mass is 580 g/mol. The molecular weight excluding hydrogens is 552 g/mol. The van der Waals surface area contributed by atoms with Crippen LogP contribution in [-0.4, -0.2) is 81.9 Å². The summed E-state index contributed by atoms with van der Waals surface area (Å²) in [6.45, 7) is 3.18. The van der Waals surface area contributed by atoms with Crippen LogP contribution in [0.5, 0.6) is 5.75 Å². The molecule has 1 fully saturated rings. The summed E-state index contributed by atoms with van der Waals surface area (Å²) in [7, 11) is -0.175. The molecule has 13 heteroatoms. The fourth-order valence-electron chi connectivity index (χ4n) is 3.23. The minimum Gasteiger partial charge on any atom is -0.483 e. The Balaban J connectivity index is 0.000000732. The van der Waals surface area contributed by atoms with Gasteiger partial charge in [0, 0.05) is 43.2 Å². The van der Waals surface area contributed by atoms with E-state index in [-0.39, 0.29) is 17.4 Å². The number of nitrogens with zero attached hydrogens (tertiary/aromatic N) is 3. The van der Waals surface area contributed by atoms with Crippen LogP contribution in [0.3, 0.4) is 0 Å². The molecule has 3 aromatic rings. The van der Waals surface area contributed by atoms with Gasteiger partial charge in [0.15, 0.2) is 11.7 Å². The maximum Gasteiger partial charge on any atom is 0.264 e. The fourth-order valence-corrected chi connectivity index (χ4v) is 5.53. The van der Waals surface area contributed by atoms with E-state index in [9.17, 15) is 18.0 Å². The zero-order valence-electron chi connectivity index (χ0n) is 21.2. The normalized spacial score (nSPS) is 13.7. The number of anilines is 1. The molecule has 1 saturated heterocycles. The Bertz CT molecular complexity index is 1340. The van der Waals surface area contributed by atoms with E-state index in [4.69, 9.17) is 21.1 Å². The van der Waals surface area contributed by atoms with Crippen molar-refractivity contribution in [2.45, 2.75) is 11.8 Å². The highest BCUT2D eigenvalue weighted by molar-refractivity contribution is 7.89. The van der Waals surface area contributed by atoms with Crippen LogP contribution < -0.4 is 10.1 Å². The first-order chi connectivity index (χ1) is 18.1. The van der Waals surface area contributed by atoms with E-state index in [1.54, 1.807) is 55.9 Å². The van der Waals surface area contributed by atoms with Crippen LogP contribution in [0.2, 0.25) is 5.02 Å². The van der Waals surface area contributed by atoms with Gasteiger partial charge < -0.3 is 14.4 Å². The minimum atomic E-state index is -3.55. The number of rotatable bonds is 8. The Kier molecular flexibility index (Phi) is 10.6. The van der Waals surface area contributed by atoms with Crippen molar-refractivity contribution >= 4 is 50.4 Å². The fraction of sp³-hybridized carbons (Fsp3) is 0.320. The Morgan fingerprint density at radius 3 is 2.50 bits per heavy atom. The van der Waals surface area contributed by atoms with Gasteiger partial charge in [0.25, 0.3) is 5.91 Å². The van der Waals surface area contributed by atoms with Gasteiger partial charge in [-0.3, -0.25) is 14.9 Å². The number of halogens is 1. The third-order valence-corrected chi connectivity index (χ3v) is 8.13. The summed E-state index contributed by atoms with van der Waals surface area (Å²) >= 11 is 7.24. The number of nitrogens with one attached hydrogen (secondary N) is 1. The van der Waals surface area contributed by atoms with Gasteiger partial charge in [0.2, 0.25) is 16.4 Å². The molecule has 1 aromatic heterocycles. The molecule has 0 aliphatic carbocycles. The number of ether oxygens (including phenoxy) is 2. The maximum absolute atomic E-state index is 12.8. The van der Waals surface area contributed by atoms with Gasteiger partial charge in [-0.05, 0) is 36.8 Å². The second kappa shape index (κ2) is 13.7. The second-order valence-electron chi connectivity index (χ2n) is 8.39. The van der Waals surface area contributed by atoms with Crippen LogP contribution in [0.15, 0.2) is 52.7 Å². The van der Waals surface area contributed by atoms with Gasteiger partial charge in [-0.1, -0.05) is 29.8 Å². The van der Waals surface area contributed by atoms with Crippen LogP contribution in [0.25, 0.3) is 11.3 Å². The molecule has 2 aromatic carbocycles. The molecule has 0 spiro atoms. The molecule has 38 heavy (non-hydrogen) atoms. The summed E-state index contributed by atoms with van der Waals surface area (Å²) in [5.74, 6) is 0.201. The van der Waals surface area contributed by atoms with Crippen LogP contribution in [0.1, 0.15) is 5.56 Å². The molecule has 0 unspecified atom stereocenters. The molecule has 1 N–H and O–H groups in total. The summed E-state index contributed by atoms with van der Waals surface area (Å²) in [5.41, 5.74) is 2.26. The van der Waals surface area contributed by atoms with E-state index in [1.165, 1.54) is 20.5 Å². The molecule has 0 radical (unpaired) electrons. The average molecular weight is 581 g/mol. The molecule has 0 bridgehead atoms. The van der Waals surface area contributed by atoms with E-state index >= 15 is 0 Å². The highest BCUT2D eigenvalue weighted by Gasteiger charge is 2.26. The molecule has 1 aliphatic rings. The zero-order valence-corrected chi connectivity index (χ0v) is 23.6. The van der Waals surface area contributed by atoms with Crippen molar-refractivity contribution < 1.29 is 27.5 Å². The van der Waals surface area contributed by atoms with Crippen molar-refractivity contribution in [2.75, 3.05) is 52.3 Å². The van der Waals surface area contributed by atoms with E-state index in [0.29, 0.717) is 47.9 Å². The van der Waals surface area contributed by atoms with Crippen LogP contribution in [-0.2, 0) is 24.3 Å². The first kappa shape index (κ1) is 29.5. The van der Waals surface area contributed by atoms with Crippen molar-refractivity contribution in [2.24, 2.45) is 0 Å². The molecule has 0 atom stereocenters. The first-order valence-electron chi connectivity index (χ1n) is 11.5. The molecule has 1 aliphatic heterocycles. The quantitative estimate of drug-likeness (QED) is 0.405. The van der Waals surface area contributed by atoms with Gasteiger partial charge >= 0.3 is 0 Å². The van der Waals surface area contributed by atoms with Gasteiger partial charge in [-0.2, -0.15) is 4.31 Å². The smallest absolute Gasteiger partial charge is 0.264 e. The zero-order chi connectivity index (χ0) is 27.7. The van der Waals surface area contributed by atoms with Crippen LogP contribution >= 0.6 is 22.9 Å². The van der Waals surface area contributed by atoms with Gasteiger partial charge in [-0.25, -0.2) is 13.4 Å². The third kappa shape index (κ3) is 8.23. The molecule has 2 heterocycles. The number of morpholine rings is 1. The number of thiazole rings is 1. The van der Waals surface area contributed by atoms with E-state index in [1.807, 2.05) is 13.0 Å². The van der Waals surface area contributed by atoms with Gasteiger partial charge in [0.05, 0.1) is 23.8 Å². The summed E-state index contributed by atoms with van der Waals surface area (Å²) < 4.78 is 37.7. The minimum absolute atomic E-state index is 0.176. The Morgan fingerprint density at radius 1 is 1.21 bits per heavy atom. The third-order valence-electron chi connectivity index (χ3n) is 5.23. The maximum atomic E-state index is 12.8. The summed E-state index contributed by atoms with van der Waals surface area (Å²) in [4.78, 5) is 27.8. The SMILES string of the molecule is CN(C)C=O.Cc1ccc(Cl)cc1OCC(=O)Nc1nc(-c2ccc(S(=O)(=O)N3CCOCC3)cc2)cs1. The summed E-state index contributed by atoms with van der Waals surface area (Å²) in [6, 6.07) is 11.8. The van der Waals surface area contributed by atoms with E-state index in [0.717, 1.165) is 17.5 Å². The van der Waals surface area contributed by atoms with Gasteiger partial charge in [0.1, 0.15) is 5.75 Å². The van der Waals surface area contributed by atoms with E-state index < -0.39 is 10.0 Å². The molecule has 2 amide bonds. The number of sulfonamides is 1. The van der Waals surface area contributed by atoms with Crippen molar-refractivity contribution in [3.05, 3.63) is 58.4 Å². The standard InChI is InChI=1S/C22H22ClN3O5S2.C3H7NO/c1-15-2-5-17(23)12-20(15)31-13-21(27)25-22-24-19(14-32-22)16-3-6-18(7-4-16)33(28,29)26-8-10-30-11-9-26;1-4(2)3-5/h2-7,12,14H,8-11,13H2,1H3,(H,24,25,27);3H,1-2H3. The topological polar surface area (TPSA) is 118 Å². The largest absolute Gasteiger partial charge is 0.483 e. The van der Waals surface area contributed by atoms with Crippen molar-refractivity contribution in [1.82, 2.24) is 14.2 Å². The highest BCUT2D eigenvalue weighted by Crippen LogP contribution is 2.27. The molecular formula is C25H29ClN4O6S2. The number of carbonyl (C=O) groups excluding carboxylic acids is 2. The number of aromatic nitrogens is 1. The Hall–Kier alpha value is -3.03. The number of hydrogen-bond acceptors (Lipinski definition) is 8. The number of aryl methyl sites for hydroxylation is 1. The number of carbonyl (C=O) groups is 2. The highest BCUT2D eigenvalue weighted by atomic mass is 35.5. The Labute approximate surface area is 231 Å². The lowest BCUT2D eigenvalue weighted by Crippen LogP contribution is -2.40. The number of hydrogen-bond donors (Lipinski definition) is 1. The summed E-state index contributed by atoms with van der Waals surface area (Å²) in [6.07, 6.45) is 0.750. The average Bonchev–Trinajstić information content (AvgIpc) is 3.38. The van der Waals surface area contributed by atoms with Crippen LogP contribution in [0.4, 0.5) is 5.13 Å². The molecule has 0 saturated carbocycles. The van der Waals surface area contributed by atoms with Crippen molar-refractivity contribution in [1.29, 1.82) is 0 Å². The van der Waals surface area contributed by atoms with Gasteiger partial charge in [-0.15, -0.1) is 11.3 Å². The number of benzene rings is 2. The lowest BCUT2D eigenvalue weighted by molar-refractivity contribution is -0.118. The molecule has 10 nitrogen and oxygen atoms in total.